The van der Waals surface area contributed by atoms with Gasteiger partial charge in [-0.15, -0.1) is 23.7 Å². The second-order valence-electron chi connectivity index (χ2n) is 5.87. The van der Waals surface area contributed by atoms with E-state index in [9.17, 15) is 4.79 Å². The van der Waals surface area contributed by atoms with Crippen molar-refractivity contribution < 1.29 is 4.79 Å². The van der Waals surface area contributed by atoms with Crippen LogP contribution in [0.1, 0.15) is 35.5 Å². The summed E-state index contributed by atoms with van der Waals surface area (Å²) >= 11 is 1.50. The summed E-state index contributed by atoms with van der Waals surface area (Å²) < 4.78 is 0. The molecule has 0 spiro atoms. The van der Waals surface area contributed by atoms with E-state index in [2.05, 4.69) is 41.5 Å². The minimum atomic E-state index is -0.906. The molecule has 0 atom stereocenters. The number of thiazole rings is 1. The first-order chi connectivity index (χ1) is 9.75. The van der Waals surface area contributed by atoms with Crippen LogP contribution in [0, 0.1) is 13.8 Å². The van der Waals surface area contributed by atoms with Gasteiger partial charge in [-0.1, -0.05) is 29.8 Å². The van der Waals surface area contributed by atoms with Gasteiger partial charge in [0.2, 0.25) is 5.91 Å². The number of aromatic nitrogens is 1. The van der Waals surface area contributed by atoms with Crippen LogP contribution in [0.3, 0.4) is 0 Å². The predicted molar refractivity (Wildman–Crippen MR) is 95.0 cm³/mol. The molecule has 0 radical (unpaired) electrons. The maximum Gasteiger partial charge on any atom is 0.245 e. The van der Waals surface area contributed by atoms with Gasteiger partial charge >= 0.3 is 0 Å². The third-order valence-corrected chi connectivity index (χ3v) is 4.26. The highest BCUT2D eigenvalue weighted by Gasteiger charge is 2.23. The van der Waals surface area contributed by atoms with Crippen LogP contribution in [0.2, 0.25) is 0 Å². The molecule has 0 unspecified atom stereocenters. The number of nitrogens with two attached hydrogens (primary N) is 1. The van der Waals surface area contributed by atoms with Crippen LogP contribution in [0.15, 0.2) is 24.3 Å². The van der Waals surface area contributed by atoms with Gasteiger partial charge in [0.15, 0.2) is 5.13 Å². The fraction of sp³-hybridized carbons (Fsp3) is 0.375. The largest absolute Gasteiger partial charge is 0.318 e. The lowest BCUT2D eigenvalue weighted by Gasteiger charge is -2.16. The van der Waals surface area contributed by atoms with Crippen molar-refractivity contribution in [3.63, 3.8) is 0 Å². The second kappa shape index (κ2) is 7.22. The van der Waals surface area contributed by atoms with Crippen molar-refractivity contribution in [2.45, 2.75) is 39.7 Å². The smallest absolute Gasteiger partial charge is 0.245 e. The number of aryl methyl sites for hydroxylation is 2. The van der Waals surface area contributed by atoms with E-state index >= 15 is 0 Å². The Hall–Kier alpha value is -1.43. The summed E-state index contributed by atoms with van der Waals surface area (Å²) in [7, 11) is 0. The summed E-state index contributed by atoms with van der Waals surface area (Å²) in [6.07, 6.45) is 0.825. The molecule has 0 aliphatic rings. The summed E-state index contributed by atoms with van der Waals surface area (Å²) in [4.78, 5) is 17.4. The zero-order valence-electron chi connectivity index (χ0n) is 13.3. The molecular formula is C16H22ClN3OS. The number of carbonyl (C=O) groups is 1. The van der Waals surface area contributed by atoms with Gasteiger partial charge in [0.05, 0.1) is 11.2 Å². The van der Waals surface area contributed by atoms with Gasteiger partial charge in [-0.05, 0) is 33.3 Å². The maximum atomic E-state index is 11.9. The minimum Gasteiger partial charge on any atom is -0.318 e. The number of benzene rings is 1. The van der Waals surface area contributed by atoms with Gasteiger partial charge in [0.25, 0.3) is 0 Å². The number of anilines is 1. The molecule has 0 bridgehead atoms. The molecule has 0 aliphatic heterocycles. The van der Waals surface area contributed by atoms with E-state index in [0.29, 0.717) is 5.13 Å². The molecule has 6 heteroatoms. The van der Waals surface area contributed by atoms with E-state index < -0.39 is 5.54 Å². The lowest BCUT2D eigenvalue weighted by molar-refractivity contribution is -0.120. The Morgan fingerprint density at radius 3 is 2.41 bits per heavy atom. The average Bonchev–Trinajstić information content (AvgIpc) is 2.71. The number of nitrogens with zero attached hydrogens (tertiary/aromatic N) is 1. The maximum absolute atomic E-state index is 11.9. The molecule has 1 aromatic carbocycles. The molecule has 3 N–H and O–H groups in total. The molecule has 0 saturated heterocycles. The number of nitrogens with one attached hydrogen (secondary N) is 1. The molecular weight excluding hydrogens is 318 g/mol. The Bertz CT molecular complexity index is 644. The summed E-state index contributed by atoms with van der Waals surface area (Å²) in [5.41, 5.74) is 8.31. The van der Waals surface area contributed by atoms with Crippen LogP contribution >= 0.6 is 23.7 Å². The molecule has 2 rings (SSSR count). The molecule has 1 aromatic heterocycles. The van der Waals surface area contributed by atoms with E-state index in [0.717, 1.165) is 17.0 Å². The van der Waals surface area contributed by atoms with Crippen molar-refractivity contribution in [1.82, 2.24) is 4.98 Å². The van der Waals surface area contributed by atoms with Crippen LogP contribution in [0.25, 0.3) is 0 Å². The van der Waals surface area contributed by atoms with Crippen molar-refractivity contribution >= 4 is 34.8 Å². The highest BCUT2D eigenvalue weighted by Crippen LogP contribution is 2.25. The van der Waals surface area contributed by atoms with Crippen LogP contribution in [0.5, 0.6) is 0 Å². The van der Waals surface area contributed by atoms with Gasteiger partial charge in [-0.2, -0.15) is 0 Å². The second-order valence-corrected chi connectivity index (χ2v) is 6.95. The highest BCUT2D eigenvalue weighted by atomic mass is 35.5. The lowest BCUT2D eigenvalue weighted by atomic mass is 10.1. The monoisotopic (exact) mass is 339 g/mol. The van der Waals surface area contributed by atoms with Gasteiger partial charge < -0.3 is 11.1 Å². The standard InChI is InChI=1S/C16H21N3OS.ClH/c1-10-5-7-12(8-6-10)9-13-11(2)18-15(21-13)19-14(20)16(3,4)17;/h5-8H,9,17H2,1-4H3,(H,18,19,20);1H. The first-order valence-electron chi connectivity index (χ1n) is 6.88. The zero-order chi connectivity index (χ0) is 15.6. The number of hydrogen-bond donors (Lipinski definition) is 2. The highest BCUT2D eigenvalue weighted by molar-refractivity contribution is 7.15. The van der Waals surface area contributed by atoms with Crippen molar-refractivity contribution in [2.75, 3.05) is 5.32 Å². The molecule has 0 fully saturated rings. The zero-order valence-corrected chi connectivity index (χ0v) is 14.9. The number of rotatable bonds is 4. The predicted octanol–water partition coefficient (Wildman–Crippen LogP) is 3.45. The van der Waals surface area contributed by atoms with Crippen molar-refractivity contribution in [3.05, 3.63) is 46.0 Å². The molecule has 4 nitrogen and oxygen atoms in total. The van der Waals surface area contributed by atoms with E-state index in [1.54, 1.807) is 13.8 Å². The average molecular weight is 340 g/mol. The Balaban J connectivity index is 0.00000242. The van der Waals surface area contributed by atoms with Crippen molar-refractivity contribution in [1.29, 1.82) is 0 Å². The Morgan fingerprint density at radius 2 is 1.86 bits per heavy atom. The van der Waals surface area contributed by atoms with Gasteiger partial charge in [0, 0.05) is 11.3 Å². The van der Waals surface area contributed by atoms with Crippen LogP contribution in [-0.4, -0.2) is 16.4 Å². The normalized spacial score (nSPS) is 11.0. The van der Waals surface area contributed by atoms with E-state index in [4.69, 9.17) is 5.73 Å². The number of carbonyl (C=O) groups excluding carboxylic acids is 1. The summed E-state index contributed by atoms with van der Waals surface area (Å²) in [6, 6.07) is 8.45. The summed E-state index contributed by atoms with van der Waals surface area (Å²) in [5.74, 6) is -0.224. The lowest BCUT2D eigenvalue weighted by Crippen LogP contribution is -2.45. The minimum absolute atomic E-state index is 0. The number of halogens is 1. The van der Waals surface area contributed by atoms with Gasteiger partial charge in [-0.3, -0.25) is 4.79 Å². The van der Waals surface area contributed by atoms with Gasteiger partial charge in [-0.25, -0.2) is 4.98 Å². The van der Waals surface area contributed by atoms with Crippen molar-refractivity contribution in [2.24, 2.45) is 5.73 Å². The van der Waals surface area contributed by atoms with Gasteiger partial charge in [0.1, 0.15) is 0 Å². The van der Waals surface area contributed by atoms with Crippen LogP contribution in [-0.2, 0) is 11.2 Å². The van der Waals surface area contributed by atoms with E-state index in [1.807, 2.05) is 6.92 Å². The topological polar surface area (TPSA) is 68.0 Å². The van der Waals surface area contributed by atoms with Crippen LogP contribution < -0.4 is 11.1 Å². The Morgan fingerprint density at radius 1 is 1.27 bits per heavy atom. The SMILES string of the molecule is Cc1ccc(Cc2sc(NC(=O)C(C)(C)N)nc2C)cc1.Cl. The quantitative estimate of drug-likeness (QED) is 0.896. The molecule has 1 amide bonds. The third-order valence-electron chi connectivity index (χ3n) is 3.18. The Labute approximate surface area is 141 Å². The molecule has 120 valence electrons. The van der Waals surface area contributed by atoms with E-state index in [-0.39, 0.29) is 18.3 Å². The molecule has 0 saturated carbocycles. The fourth-order valence-corrected chi connectivity index (χ4v) is 2.79. The Kier molecular flexibility index (Phi) is 6.11. The molecule has 22 heavy (non-hydrogen) atoms. The van der Waals surface area contributed by atoms with Crippen molar-refractivity contribution in [3.8, 4) is 0 Å². The molecule has 1 heterocycles. The summed E-state index contributed by atoms with van der Waals surface area (Å²) in [6.45, 7) is 7.39. The fourth-order valence-electron chi connectivity index (χ4n) is 1.80. The molecule has 0 aliphatic carbocycles. The summed E-state index contributed by atoms with van der Waals surface area (Å²) in [5, 5.41) is 3.39. The third kappa shape index (κ3) is 4.80. The van der Waals surface area contributed by atoms with E-state index in [1.165, 1.54) is 22.5 Å². The number of amides is 1. The molecule has 2 aromatic rings. The first-order valence-corrected chi connectivity index (χ1v) is 7.69. The first kappa shape index (κ1) is 18.6. The van der Waals surface area contributed by atoms with Crippen LogP contribution in [0.4, 0.5) is 5.13 Å². The number of hydrogen-bond acceptors (Lipinski definition) is 4.